The quantitative estimate of drug-likeness (QED) is 0.777. The first-order valence-corrected chi connectivity index (χ1v) is 7.86. The molecule has 0 aliphatic heterocycles. The van der Waals surface area contributed by atoms with Crippen molar-refractivity contribution in [3.05, 3.63) is 75.2 Å². The van der Waals surface area contributed by atoms with E-state index in [1.807, 2.05) is 19.1 Å². The van der Waals surface area contributed by atoms with Crippen molar-refractivity contribution in [2.45, 2.75) is 19.5 Å². The van der Waals surface area contributed by atoms with Crippen molar-refractivity contribution in [2.75, 3.05) is 7.05 Å². The number of fused-ring (bicyclic) bond motifs is 1. The molecule has 1 amide bonds. The number of carbonyl (C=O) groups excluding carboxylic acids is 1. The van der Waals surface area contributed by atoms with E-state index in [-0.39, 0.29) is 18.5 Å². The number of rotatable bonds is 4. The van der Waals surface area contributed by atoms with Crippen molar-refractivity contribution >= 4 is 16.8 Å². The maximum atomic E-state index is 12.6. The molecule has 0 radical (unpaired) electrons. The van der Waals surface area contributed by atoms with Crippen molar-refractivity contribution in [1.82, 2.24) is 19.4 Å². The van der Waals surface area contributed by atoms with Gasteiger partial charge < -0.3 is 9.88 Å². The molecule has 2 heterocycles. The number of para-hydroxylation sites is 1. The Morgan fingerprint density at radius 3 is 2.60 bits per heavy atom. The lowest BCUT2D eigenvalue weighted by Crippen LogP contribution is -2.41. The third-order valence-electron chi connectivity index (χ3n) is 4.35. The van der Waals surface area contributed by atoms with Gasteiger partial charge in [0.1, 0.15) is 6.54 Å². The standard InChI is InChI=1S/C18H18N4O3/c1-12(13-7-9-19-10-8-13)21(2)16(23)11-22-17(24)14-5-3-4-6-15(14)20-18(22)25/h3-10,12H,11H2,1-2H3,(H,20,25)/t12-/m0/s1. The van der Waals surface area contributed by atoms with Gasteiger partial charge in [0.2, 0.25) is 5.91 Å². The van der Waals surface area contributed by atoms with E-state index in [0.29, 0.717) is 10.9 Å². The van der Waals surface area contributed by atoms with Gasteiger partial charge in [-0.05, 0) is 36.8 Å². The highest BCUT2D eigenvalue weighted by Crippen LogP contribution is 2.17. The van der Waals surface area contributed by atoms with Crippen molar-refractivity contribution in [2.24, 2.45) is 0 Å². The van der Waals surface area contributed by atoms with Crippen LogP contribution < -0.4 is 11.2 Å². The fourth-order valence-corrected chi connectivity index (χ4v) is 2.67. The summed E-state index contributed by atoms with van der Waals surface area (Å²) >= 11 is 0. The zero-order valence-electron chi connectivity index (χ0n) is 14.0. The van der Waals surface area contributed by atoms with E-state index < -0.39 is 11.2 Å². The molecule has 0 aliphatic carbocycles. The molecule has 3 aromatic rings. The molecule has 0 aliphatic rings. The fourth-order valence-electron chi connectivity index (χ4n) is 2.67. The summed E-state index contributed by atoms with van der Waals surface area (Å²) in [6.07, 6.45) is 3.31. The summed E-state index contributed by atoms with van der Waals surface area (Å²) in [7, 11) is 1.65. The number of H-pyrrole nitrogens is 1. The highest BCUT2D eigenvalue weighted by atomic mass is 16.2. The summed E-state index contributed by atoms with van der Waals surface area (Å²) in [6.45, 7) is 1.56. The van der Waals surface area contributed by atoms with Crippen LogP contribution in [0.2, 0.25) is 0 Å². The number of likely N-dealkylation sites (N-methyl/N-ethyl adjacent to an activating group) is 1. The van der Waals surface area contributed by atoms with E-state index in [2.05, 4.69) is 9.97 Å². The average Bonchev–Trinajstić information content (AvgIpc) is 2.64. The molecule has 1 aromatic carbocycles. The van der Waals surface area contributed by atoms with Crippen LogP contribution in [-0.4, -0.2) is 32.4 Å². The summed E-state index contributed by atoms with van der Waals surface area (Å²) in [5.74, 6) is -0.327. The number of amides is 1. The summed E-state index contributed by atoms with van der Waals surface area (Å²) < 4.78 is 0.931. The first kappa shape index (κ1) is 16.6. The van der Waals surface area contributed by atoms with E-state index in [1.165, 1.54) is 4.90 Å². The molecule has 128 valence electrons. The van der Waals surface area contributed by atoms with Gasteiger partial charge in [-0.25, -0.2) is 4.79 Å². The van der Waals surface area contributed by atoms with Crippen LogP contribution in [0, 0.1) is 0 Å². The van der Waals surface area contributed by atoms with Gasteiger partial charge in [-0.3, -0.25) is 19.1 Å². The largest absolute Gasteiger partial charge is 0.337 e. The minimum Gasteiger partial charge on any atom is -0.337 e. The number of carbonyl (C=O) groups is 1. The van der Waals surface area contributed by atoms with Gasteiger partial charge in [-0.2, -0.15) is 0 Å². The Labute approximate surface area is 143 Å². The number of nitrogens with one attached hydrogen (secondary N) is 1. The minimum absolute atomic E-state index is 0.203. The smallest absolute Gasteiger partial charge is 0.329 e. The second-order valence-corrected chi connectivity index (χ2v) is 5.83. The predicted molar refractivity (Wildman–Crippen MR) is 94.3 cm³/mol. The van der Waals surface area contributed by atoms with Crippen LogP contribution in [-0.2, 0) is 11.3 Å². The van der Waals surface area contributed by atoms with Crippen molar-refractivity contribution in [3.63, 3.8) is 0 Å². The van der Waals surface area contributed by atoms with Crippen LogP contribution >= 0.6 is 0 Å². The summed E-state index contributed by atoms with van der Waals surface area (Å²) in [5.41, 5.74) is 0.310. The molecule has 2 aromatic heterocycles. The summed E-state index contributed by atoms with van der Waals surface area (Å²) in [4.78, 5) is 45.4. The van der Waals surface area contributed by atoms with Crippen LogP contribution in [0.4, 0.5) is 0 Å². The second-order valence-electron chi connectivity index (χ2n) is 5.83. The van der Waals surface area contributed by atoms with Gasteiger partial charge in [0.15, 0.2) is 0 Å². The predicted octanol–water partition coefficient (Wildman–Crippen LogP) is 1.30. The summed E-state index contributed by atoms with van der Waals surface area (Å²) in [6, 6.07) is 10.2. The highest BCUT2D eigenvalue weighted by Gasteiger charge is 2.19. The van der Waals surface area contributed by atoms with Crippen molar-refractivity contribution in [3.8, 4) is 0 Å². The number of benzene rings is 1. The Morgan fingerprint density at radius 1 is 1.20 bits per heavy atom. The van der Waals surface area contributed by atoms with E-state index in [9.17, 15) is 14.4 Å². The molecule has 1 atom stereocenters. The third-order valence-corrected chi connectivity index (χ3v) is 4.35. The second kappa shape index (κ2) is 6.72. The Hall–Kier alpha value is -3.22. The van der Waals surface area contributed by atoms with Gasteiger partial charge >= 0.3 is 5.69 Å². The number of hydrogen-bond acceptors (Lipinski definition) is 4. The zero-order chi connectivity index (χ0) is 18.0. The Balaban J connectivity index is 1.89. The third kappa shape index (κ3) is 3.21. The molecule has 0 saturated carbocycles. The highest BCUT2D eigenvalue weighted by molar-refractivity contribution is 5.79. The monoisotopic (exact) mass is 338 g/mol. The van der Waals surface area contributed by atoms with Gasteiger partial charge in [0.05, 0.1) is 16.9 Å². The molecule has 25 heavy (non-hydrogen) atoms. The molecule has 0 spiro atoms. The van der Waals surface area contributed by atoms with Crippen molar-refractivity contribution < 1.29 is 4.79 Å². The van der Waals surface area contributed by atoms with Crippen molar-refractivity contribution in [1.29, 1.82) is 0 Å². The number of aromatic nitrogens is 3. The number of pyridine rings is 1. The van der Waals surface area contributed by atoms with Crippen LogP contribution in [0.15, 0.2) is 58.4 Å². The zero-order valence-corrected chi connectivity index (χ0v) is 14.0. The minimum atomic E-state index is -0.595. The van der Waals surface area contributed by atoms with Crippen LogP contribution in [0.5, 0.6) is 0 Å². The Kier molecular flexibility index (Phi) is 4.47. The van der Waals surface area contributed by atoms with Crippen LogP contribution in [0.1, 0.15) is 18.5 Å². The molecule has 7 nitrogen and oxygen atoms in total. The lowest BCUT2D eigenvalue weighted by atomic mass is 10.1. The molecule has 7 heteroatoms. The maximum absolute atomic E-state index is 12.6. The Bertz CT molecular complexity index is 1020. The SMILES string of the molecule is C[C@@H](c1ccncc1)N(C)C(=O)Cn1c(=O)[nH]c2ccccc2c1=O. The molecule has 0 bridgehead atoms. The number of hydrogen-bond donors (Lipinski definition) is 1. The molecule has 0 saturated heterocycles. The fraction of sp³-hybridized carbons (Fsp3) is 0.222. The van der Waals surface area contributed by atoms with E-state index in [0.717, 1.165) is 10.1 Å². The topological polar surface area (TPSA) is 88.1 Å². The molecule has 0 unspecified atom stereocenters. The molecule has 0 fully saturated rings. The molecular formula is C18H18N4O3. The van der Waals surface area contributed by atoms with E-state index in [4.69, 9.17) is 0 Å². The van der Waals surface area contributed by atoms with Gasteiger partial charge in [-0.15, -0.1) is 0 Å². The first-order chi connectivity index (χ1) is 12.0. The van der Waals surface area contributed by atoms with Gasteiger partial charge in [0, 0.05) is 19.4 Å². The lowest BCUT2D eigenvalue weighted by molar-refractivity contribution is -0.132. The van der Waals surface area contributed by atoms with E-state index in [1.54, 1.807) is 43.7 Å². The molecular weight excluding hydrogens is 320 g/mol. The van der Waals surface area contributed by atoms with Gasteiger partial charge in [-0.1, -0.05) is 12.1 Å². The average molecular weight is 338 g/mol. The molecule has 1 N–H and O–H groups in total. The van der Waals surface area contributed by atoms with Crippen LogP contribution in [0.25, 0.3) is 10.9 Å². The Morgan fingerprint density at radius 2 is 1.88 bits per heavy atom. The maximum Gasteiger partial charge on any atom is 0.329 e. The number of aromatic amines is 1. The summed E-state index contributed by atoms with van der Waals surface area (Å²) in [5, 5.41) is 0.375. The number of nitrogens with zero attached hydrogens (tertiary/aromatic N) is 3. The van der Waals surface area contributed by atoms with Crippen LogP contribution in [0.3, 0.4) is 0 Å². The van der Waals surface area contributed by atoms with E-state index >= 15 is 0 Å². The normalized spacial score (nSPS) is 12.1. The molecule has 3 rings (SSSR count). The van der Waals surface area contributed by atoms with Gasteiger partial charge in [0.25, 0.3) is 5.56 Å². The first-order valence-electron chi connectivity index (χ1n) is 7.86. The lowest BCUT2D eigenvalue weighted by Gasteiger charge is -2.25.